The molecule has 2 aromatic carbocycles. The molecule has 0 saturated heterocycles. The highest BCUT2D eigenvalue weighted by Crippen LogP contribution is 2.29. The largest absolute Gasteiger partial charge is 0.326 e. The molecule has 0 radical (unpaired) electrons. The molecule has 27 heavy (non-hydrogen) atoms. The van der Waals surface area contributed by atoms with Crippen LogP contribution in [0.25, 0.3) is 0 Å². The number of hydrogen-bond donors (Lipinski definition) is 1. The van der Waals surface area contributed by atoms with Crippen LogP contribution >= 0.6 is 11.6 Å². The minimum absolute atomic E-state index is 0.0213. The van der Waals surface area contributed by atoms with E-state index in [-0.39, 0.29) is 29.9 Å². The Labute approximate surface area is 163 Å². The summed E-state index contributed by atoms with van der Waals surface area (Å²) >= 11 is 5.91. The predicted octanol–water partition coefficient (Wildman–Crippen LogP) is 4.26. The van der Waals surface area contributed by atoms with Crippen LogP contribution in [0.15, 0.2) is 42.5 Å². The van der Waals surface area contributed by atoms with E-state index in [9.17, 15) is 14.4 Å². The number of amides is 3. The summed E-state index contributed by atoms with van der Waals surface area (Å²) < 4.78 is 0. The van der Waals surface area contributed by atoms with Gasteiger partial charge < -0.3 is 5.32 Å². The van der Waals surface area contributed by atoms with E-state index in [1.165, 1.54) is 12.1 Å². The lowest BCUT2D eigenvalue weighted by Gasteiger charge is -2.23. The molecule has 6 heteroatoms. The second-order valence-corrected chi connectivity index (χ2v) is 7.98. The summed E-state index contributed by atoms with van der Waals surface area (Å²) in [4.78, 5) is 38.3. The monoisotopic (exact) mass is 384 g/mol. The van der Waals surface area contributed by atoms with Crippen LogP contribution in [0.5, 0.6) is 0 Å². The normalized spacial score (nSPS) is 13.7. The maximum atomic E-state index is 12.4. The number of nitrogens with zero attached hydrogens (tertiary/aromatic N) is 1. The van der Waals surface area contributed by atoms with Gasteiger partial charge in [0.2, 0.25) is 5.91 Å². The number of fused-ring (bicyclic) bond motifs is 1. The van der Waals surface area contributed by atoms with Gasteiger partial charge in [-0.2, -0.15) is 0 Å². The van der Waals surface area contributed by atoms with Crippen LogP contribution in [0.2, 0.25) is 5.02 Å². The zero-order chi connectivity index (χ0) is 19.8. The van der Waals surface area contributed by atoms with Crippen LogP contribution in [0.1, 0.15) is 53.5 Å². The fourth-order valence-corrected chi connectivity index (χ4v) is 3.31. The van der Waals surface area contributed by atoms with Gasteiger partial charge in [0.15, 0.2) is 0 Å². The Morgan fingerprint density at radius 3 is 2.41 bits per heavy atom. The van der Waals surface area contributed by atoms with E-state index in [1.54, 1.807) is 6.07 Å². The van der Waals surface area contributed by atoms with Gasteiger partial charge in [0, 0.05) is 23.7 Å². The molecule has 1 heterocycles. The van der Waals surface area contributed by atoms with Gasteiger partial charge in [0.05, 0.1) is 11.1 Å². The molecule has 5 nitrogen and oxygen atoms in total. The summed E-state index contributed by atoms with van der Waals surface area (Å²) in [7, 11) is 0. The fourth-order valence-electron chi connectivity index (χ4n) is 3.14. The molecule has 2 aromatic rings. The minimum atomic E-state index is -0.416. The Morgan fingerprint density at radius 1 is 1.04 bits per heavy atom. The van der Waals surface area contributed by atoms with Gasteiger partial charge in [-0.05, 0) is 35.2 Å². The molecule has 1 aliphatic heterocycles. The third-order valence-corrected chi connectivity index (χ3v) is 4.74. The average molecular weight is 385 g/mol. The molecule has 3 amide bonds. The Balaban J connectivity index is 1.68. The van der Waals surface area contributed by atoms with E-state index in [2.05, 4.69) is 26.1 Å². The van der Waals surface area contributed by atoms with Crippen molar-refractivity contribution in [3.05, 3.63) is 64.2 Å². The number of anilines is 1. The van der Waals surface area contributed by atoms with Crippen molar-refractivity contribution in [3.63, 3.8) is 0 Å². The lowest BCUT2D eigenvalue weighted by molar-refractivity contribution is -0.116. The van der Waals surface area contributed by atoms with Gasteiger partial charge in [-0.1, -0.05) is 50.6 Å². The molecule has 0 atom stereocenters. The second kappa shape index (κ2) is 7.16. The third-order valence-electron chi connectivity index (χ3n) is 4.50. The van der Waals surface area contributed by atoms with Crippen LogP contribution in [0.4, 0.5) is 5.69 Å². The van der Waals surface area contributed by atoms with Crippen LogP contribution < -0.4 is 5.32 Å². The lowest BCUT2D eigenvalue weighted by atomic mass is 9.86. The minimum Gasteiger partial charge on any atom is -0.326 e. The Kier molecular flexibility index (Phi) is 5.07. The van der Waals surface area contributed by atoms with Crippen molar-refractivity contribution >= 4 is 35.0 Å². The summed E-state index contributed by atoms with van der Waals surface area (Å²) in [5, 5.41) is 3.29. The second-order valence-electron chi connectivity index (χ2n) is 7.55. The van der Waals surface area contributed by atoms with Crippen LogP contribution in [-0.4, -0.2) is 29.2 Å². The van der Waals surface area contributed by atoms with Gasteiger partial charge in [-0.15, -0.1) is 0 Å². The highest BCUT2D eigenvalue weighted by atomic mass is 35.5. The maximum Gasteiger partial charge on any atom is 0.261 e. The average Bonchev–Trinajstić information content (AvgIpc) is 2.83. The fraction of sp³-hybridized carbons (Fsp3) is 0.286. The molecule has 3 rings (SSSR count). The van der Waals surface area contributed by atoms with Crippen molar-refractivity contribution < 1.29 is 14.4 Å². The number of rotatable bonds is 4. The first-order chi connectivity index (χ1) is 12.7. The molecule has 0 aromatic heterocycles. The first-order valence-electron chi connectivity index (χ1n) is 8.73. The highest BCUT2D eigenvalue weighted by molar-refractivity contribution is 6.32. The standard InChI is InChI=1S/C21H21ClN2O3/c1-21(2,3)16-6-4-5-7-17(16)23-18(25)10-11-24-19(26)14-9-8-13(22)12-15(14)20(24)27/h4-9,12H,10-11H2,1-3H3,(H,23,25). The Morgan fingerprint density at radius 2 is 1.70 bits per heavy atom. The van der Waals surface area contributed by atoms with Crippen LogP contribution in [0.3, 0.4) is 0 Å². The number of carbonyl (C=O) groups is 3. The van der Waals surface area contributed by atoms with E-state index in [0.717, 1.165) is 16.2 Å². The number of nitrogens with one attached hydrogen (secondary N) is 1. The van der Waals surface area contributed by atoms with Crippen molar-refractivity contribution in [1.29, 1.82) is 0 Å². The molecule has 0 aliphatic carbocycles. The van der Waals surface area contributed by atoms with Crippen LogP contribution in [0, 0.1) is 0 Å². The van der Waals surface area contributed by atoms with Gasteiger partial charge in [0.1, 0.15) is 0 Å². The molecule has 0 fully saturated rings. The molecule has 1 aliphatic rings. The first kappa shape index (κ1) is 19.1. The molecule has 0 bridgehead atoms. The SMILES string of the molecule is CC(C)(C)c1ccccc1NC(=O)CCN1C(=O)c2ccc(Cl)cc2C1=O. The summed E-state index contributed by atoms with van der Waals surface area (Å²) in [5.41, 5.74) is 2.25. The lowest BCUT2D eigenvalue weighted by Crippen LogP contribution is -2.33. The molecular weight excluding hydrogens is 364 g/mol. The van der Waals surface area contributed by atoms with E-state index in [4.69, 9.17) is 11.6 Å². The van der Waals surface area contributed by atoms with E-state index in [1.807, 2.05) is 24.3 Å². The summed E-state index contributed by atoms with van der Waals surface area (Å²) in [6.07, 6.45) is 0.0255. The maximum absolute atomic E-state index is 12.4. The van der Waals surface area contributed by atoms with Gasteiger partial charge in [0.25, 0.3) is 11.8 Å². The van der Waals surface area contributed by atoms with Crippen molar-refractivity contribution in [2.45, 2.75) is 32.6 Å². The molecule has 0 saturated carbocycles. The zero-order valence-corrected chi connectivity index (χ0v) is 16.3. The quantitative estimate of drug-likeness (QED) is 0.801. The van der Waals surface area contributed by atoms with E-state index >= 15 is 0 Å². The summed E-state index contributed by atoms with van der Waals surface area (Å²) in [6.45, 7) is 6.24. The molecule has 0 unspecified atom stereocenters. The molecular formula is C21H21ClN2O3. The predicted molar refractivity (Wildman–Crippen MR) is 105 cm³/mol. The van der Waals surface area contributed by atoms with Gasteiger partial charge in [-0.3, -0.25) is 19.3 Å². The molecule has 140 valence electrons. The third kappa shape index (κ3) is 3.88. The van der Waals surface area contributed by atoms with Gasteiger partial charge in [-0.25, -0.2) is 0 Å². The number of benzene rings is 2. The number of carbonyl (C=O) groups excluding carboxylic acids is 3. The number of imide groups is 1. The number of hydrogen-bond acceptors (Lipinski definition) is 3. The number of para-hydroxylation sites is 1. The smallest absolute Gasteiger partial charge is 0.261 e. The molecule has 0 spiro atoms. The topological polar surface area (TPSA) is 66.5 Å². The van der Waals surface area contributed by atoms with E-state index < -0.39 is 11.8 Å². The Bertz CT molecular complexity index is 931. The zero-order valence-electron chi connectivity index (χ0n) is 15.5. The van der Waals surface area contributed by atoms with Crippen molar-refractivity contribution in [2.75, 3.05) is 11.9 Å². The van der Waals surface area contributed by atoms with Crippen LogP contribution in [-0.2, 0) is 10.2 Å². The summed E-state index contributed by atoms with van der Waals surface area (Å²) in [5.74, 6) is -1.06. The van der Waals surface area contributed by atoms with Crippen molar-refractivity contribution in [1.82, 2.24) is 4.90 Å². The summed E-state index contributed by atoms with van der Waals surface area (Å²) in [6, 6.07) is 12.2. The van der Waals surface area contributed by atoms with Crippen molar-refractivity contribution in [2.24, 2.45) is 0 Å². The first-order valence-corrected chi connectivity index (χ1v) is 9.11. The number of halogens is 1. The van der Waals surface area contributed by atoms with E-state index in [0.29, 0.717) is 10.6 Å². The molecule has 1 N–H and O–H groups in total. The van der Waals surface area contributed by atoms with Gasteiger partial charge >= 0.3 is 0 Å². The highest BCUT2D eigenvalue weighted by Gasteiger charge is 2.35. The van der Waals surface area contributed by atoms with Crippen molar-refractivity contribution in [3.8, 4) is 0 Å². The Hall–Kier alpha value is -2.66.